The Morgan fingerprint density at radius 3 is 2.75 bits per heavy atom. The molecule has 0 fully saturated rings. The van der Waals surface area contributed by atoms with Crippen LogP contribution in [0.3, 0.4) is 0 Å². The SMILES string of the molecule is [CH2]c1ccccc1-c1ncc[nH]1. The first kappa shape index (κ1) is 7.10. The van der Waals surface area contributed by atoms with E-state index < -0.39 is 0 Å². The fourth-order valence-corrected chi connectivity index (χ4v) is 1.16. The van der Waals surface area contributed by atoms with E-state index in [9.17, 15) is 0 Å². The number of hydrogen-bond acceptors (Lipinski definition) is 1. The first-order chi connectivity index (χ1) is 5.88. The van der Waals surface area contributed by atoms with E-state index in [1.807, 2.05) is 30.5 Å². The summed E-state index contributed by atoms with van der Waals surface area (Å²) >= 11 is 0. The number of nitrogens with zero attached hydrogens (tertiary/aromatic N) is 1. The van der Waals surface area contributed by atoms with Gasteiger partial charge in [-0.15, -0.1) is 0 Å². The molecular weight excluding hydrogens is 148 g/mol. The summed E-state index contributed by atoms with van der Waals surface area (Å²) in [5, 5.41) is 0. The third-order valence-electron chi connectivity index (χ3n) is 1.77. The standard InChI is InChI=1S/C10H9N2/c1-8-4-2-3-5-9(8)10-11-6-7-12-10/h2-7H,1H2,(H,11,12). The van der Waals surface area contributed by atoms with E-state index in [1.165, 1.54) is 0 Å². The van der Waals surface area contributed by atoms with Crippen molar-refractivity contribution < 1.29 is 0 Å². The third-order valence-corrected chi connectivity index (χ3v) is 1.77. The number of H-pyrrole nitrogens is 1. The minimum absolute atomic E-state index is 0.876. The second-order valence-corrected chi connectivity index (χ2v) is 2.59. The Morgan fingerprint density at radius 2 is 2.08 bits per heavy atom. The van der Waals surface area contributed by atoms with Gasteiger partial charge in [-0.25, -0.2) is 4.98 Å². The average Bonchev–Trinajstić information content (AvgIpc) is 2.57. The number of nitrogens with one attached hydrogen (secondary N) is 1. The van der Waals surface area contributed by atoms with Crippen LogP contribution in [0.5, 0.6) is 0 Å². The van der Waals surface area contributed by atoms with Gasteiger partial charge in [-0.3, -0.25) is 0 Å². The third kappa shape index (κ3) is 1.11. The van der Waals surface area contributed by atoms with Crippen molar-refractivity contribution in [2.75, 3.05) is 0 Å². The molecule has 1 aromatic heterocycles. The molecule has 0 bridgehead atoms. The summed E-state index contributed by atoms with van der Waals surface area (Å²) < 4.78 is 0. The molecule has 59 valence electrons. The van der Waals surface area contributed by atoms with E-state index in [2.05, 4.69) is 16.9 Å². The second-order valence-electron chi connectivity index (χ2n) is 2.59. The summed E-state index contributed by atoms with van der Waals surface area (Å²) in [6, 6.07) is 7.92. The van der Waals surface area contributed by atoms with Gasteiger partial charge < -0.3 is 4.98 Å². The van der Waals surface area contributed by atoms with E-state index in [0.29, 0.717) is 0 Å². The monoisotopic (exact) mass is 157 g/mol. The van der Waals surface area contributed by atoms with E-state index >= 15 is 0 Å². The summed E-state index contributed by atoms with van der Waals surface area (Å²) in [6.07, 6.45) is 3.55. The summed E-state index contributed by atoms with van der Waals surface area (Å²) in [4.78, 5) is 7.19. The van der Waals surface area contributed by atoms with Crippen LogP contribution in [-0.4, -0.2) is 9.97 Å². The van der Waals surface area contributed by atoms with Crippen LogP contribution in [0.25, 0.3) is 11.4 Å². The maximum atomic E-state index is 4.15. The molecule has 0 spiro atoms. The lowest BCUT2D eigenvalue weighted by atomic mass is 10.1. The van der Waals surface area contributed by atoms with Crippen LogP contribution in [0.4, 0.5) is 0 Å². The summed E-state index contributed by atoms with van der Waals surface area (Å²) in [7, 11) is 0. The molecule has 0 amide bonds. The number of imidazole rings is 1. The zero-order valence-electron chi connectivity index (χ0n) is 6.62. The molecule has 2 aromatic rings. The Kier molecular flexibility index (Phi) is 1.67. The predicted octanol–water partition coefficient (Wildman–Crippen LogP) is 2.26. The molecule has 2 rings (SSSR count). The van der Waals surface area contributed by atoms with E-state index in [0.717, 1.165) is 17.0 Å². The van der Waals surface area contributed by atoms with E-state index in [1.54, 1.807) is 6.20 Å². The predicted molar refractivity (Wildman–Crippen MR) is 48.5 cm³/mol. The van der Waals surface area contributed by atoms with Crippen molar-refractivity contribution in [2.24, 2.45) is 0 Å². The molecule has 1 N–H and O–H groups in total. The molecule has 1 heterocycles. The molecule has 1 aromatic carbocycles. The summed E-state index contributed by atoms with van der Waals surface area (Å²) in [5.74, 6) is 0.876. The molecule has 0 unspecified atom stereocenters. The molecule has 0 atom stereocenters. The lowest BCUT2D eigenvalue weighted by Gasteiger charge is -1.99. The molecule has 2 heteroatoms. The highest BCUT2D eigenvalue weighted by molar-refractivity contribution is 5.60. The lowest BCUT2D eigenvalue weighted by molar-refractivity contribution is 1.30. The molecule has 2 nitrogen and oxygen atoms in total. The summed E-state index contributed by atoms with van der Waals surface area (Å²) in [6.45, 7) is 3.92. The molecule has 0 aliphatic heterocycles. The van der Waals surface area contributed by atoms with Crippen molar-refractivity contribution in [3.8, 4) is 11.4 Å². The number of aromatic amines is 1. The highest BCUT2D eigenvalue weighted by Crippen LogP contribution is 2.17. The van der Waals surface area contributed by atoms with Crippen LogP contribution < -0.4 is 0 Å². The highest BCUT2D eigenvalue weighted by atomic mass is 14.9. The van der Waals surface area contributed by atoms with Gasteiger partial charge in [0.15, 0.2) is 0 Å². The number of rotatable bonds is 1. The fourth-order valence-electron chi connectivity index (χ4n) is 1.16. The Labute approximate surface area is 71.3 Å². The van der Waals surface area contributed by atoms with Crippen LogP contribution in [0.15, 0.2) is 36.7 Å². The van der Waals surface area contributed by atoms with Crippen LogP contribution in [0.1, 0.15) is 5.56 Å². The highest BCUT2D eigenvalue weighted by Gasteiger charge is 2.00. The van der Waals surface area contributed by atoms with Crippen LogP contribution in [0, 0.1) is 6.92 Å². The van der Waals surface area contributed by atoms with E-state index in [-0.39, 0.29) is 0 Å². The fraction of sp³-hybridized carbons (Fsp3) is 0. The summed E-state index contributed by atoms with van der Waals surface area (Å²) in [5.41, 5.74) is 2.05. The van der Waals surface area contributed by atoms with Gasteiger partial charge in [-0.05, 0) is 12.5 Å². The largest absolute Gasteiger partial charge is 0.345 e. The van der Waals surface area contributed by atoms with Crippen molar-refractivity contribution in [3.05, 3.63) is 49.1 Å². The number of aromatic nitrogens is 2. The maximum Gasteiger partial charge on any atom is 0.137 e. The minimum atomic E-state index is 0.876. The van der Waals surface area contributed by atoms with Crippen molar-refractivity contribution >= 4 is 0 Å². The van der Waals surface area contributed by atoms with Crippen molar-refractivity contribution in [3.63, 3.8) is 0 Å². The Hall–Kier alpha value is -1.57. The lowest BCUT2D eigenvalue weighted by Crippen LogP contribution is -1.83. The normalized spacial score (nSPS) is 10.1. The van der Waals surface area contributed by atoms with E-state index in [4.69, 9.17) is 0 Å². The van der Waals surface area contributed by atoms with Crippen molar-refractivity contribution in [1.82, 2.24) is 9.97 Å². The second kappa shape index (κ2) is 2.81. The Balaban J connectivity index is 2.55. The Morgan fingerprint density at radius 1 is 1.25 bits per heavy atom. The zero-order chi connectivity index (χ0) is 8.39. The van der Waals surface area contributed by atoms with Gasteiger partial charge in [0.05, 0.1) is 0 Å². The van der Waals surface area contributed by atoms with Crippen molar-refractivity contribution in [2.45, 2.75) is 0 Å². The van der Waals surface area contributed by atoms with Gasteiger partial charge in [0.25, 0.3) is 0 Å². The molecule has 0 aliphatic carbocycles. The molecule has 1 radical (unpaired) electrons. The van der Waals surface area contributed by atoms with Gasteiger partial charge in [0, 0.05) is 18.0 Å². The molecule has 0 saturated carbocycles. The minimum Gasteiger partial charge on any atom is -0.345 e. The molecule has 12 heavy (non-hydrogen) atoms. The topological polar surface area (TPSA) is 28.7 Å². The molecule has 0 aliphatic rings. The first-order valence-electron chi connectivity index (χ1n) is 3.78. The van der Waals surface area contributed by atoms with Crippen molar-refractivity contribution in [1.29, 1.82) is 0 Å². The van der Waals surface area contributed by atoms with Gasteiger partial charge in [0.2, 0.25) is 0 Å². The molecular formula is C10H9N2. The quantitative estimate of drug-likeness (QED) is 0.675. The Bertz CT molecular complexity index is 363. The number of benzene rings is 1. The average molecular weight is 157 g/mol. The first-order valence-corrected chi connectivity index (χ1v) is 3.78. The van der Waals surface area contributed by atoms with Gasteiger partial charge in [-0.2, -0.15) is 0 Å². The van der Waals surface area contributed by atoms with Gasteiger partial charge in [0.1, 0.15) is 5.82 Å². The zero-order valence-corrected chi connectivity index (χ0v) is 6.62. The van der Waals surface area contributed by atoms with Gasteiger partial charge >= 0.3 is 0 Å². The molecule has 0 saturated heterocycles. The van der Waals surface area contributed by atoms with Gasteiger partial charge in [-0.1, -0.05) is 24.3 Å². The van der Waals surface area contributed by atoms with Crippen LogP contribution in [-0.2, 0) is 0 Å². The number of hydrogen-bond donors (Lipinski definition) is 1. The van der Waals surface area contributed by atoms with Crippen LogP contribution in [0.2, 0.25) is 0 Å². The maximum absolute atomic E-state index is 4.15. The smallest absolute Gasteiger partial charge is 0.137 e. The van der Waals surface area contributed by atoms with Crippen LogP contribution >= 0.6 is 0 Å².